The average molecular weight is 264 g/mol. The van der Waals surface area contributed by atoms with E-state index in [-0.39, 0.29) is 0 Å². The summed E-state index contributed by atoms with van der Waals surface area (Å²) in [5.41, 5.74) is 0.564. The highest BCUT2D eigenvalue weighted by Gasteiger charge is 2.50. The molecule has 4 aliphatic rings. The maximum Gasteiger partial charge on any atom is 0.166 e. The fourth-order valence-electron chi connectivity index (χ4n) is 5.00. The van der Waals surface area contributed by atoms with Gasteiger partial charge in [0.25, 0.3) is 0 Å². The summed E-state index contributed by atoms with van der Waals surface area (Å²) >= 11 is 5.30. The van der Waals surface area contributed by atoms with Crippen LogP contribution >= 0.6 is 12.2 Å². The number of nitrogens with one attached hydrogen (secondary N) is 2. The van der Waals surface area contributed by atoms with Crippen LogP contribution in [0.5, 0.6) is 0 Å². The molecule has 18 heavy (non-hydrogen) atoms. The summed E-state index contributed by atoms with van der Waals surface area (Å²) in [6.07, 6.45) is 10.7. The van der Waals surface area contributed by atoms with E-state index < -0.39 is 0 Å². The Morgan fingerprint density at radius 3 is 2.17 bits per heavy atom. The van der Waals surface area contributed by atoms with Gasteiger partial charge in [-0.15, -0.1) is 6.58 Å². The van der Waals surface area contributed by atoms with Crippen LogP contribution in [0.4, 0.5) is 0 Å². The quantitative estimate of drug-likeness (QED) is 0.603. The van der Waals surface area contributed by atoms with Crippen LogP contribution in [0.1, 0.15) is 38.5 Å². The van der Waals surface area contributed by atoms with Crippen LogP contribution in [0.3, 0.4) is 0 Å². The molecule has 4 saturated carbocycles. The Labute approximate surface area is 116 Å². The molecule has 0 radical (unpaired) electrons. The van der Waals surface area contributed by atoms with Crippen LogP contribution < -0.4 is 10.6 Å². The van der Waals surface area contributed by atoms with Crippen LogP contribution in [0.15, 0.2) is 12.7 Å². The third kappa shape index (κ3) is 2.42. The molecule has 0 amide bonds. The molecule has 4 fully saturated rings. The van der Waals surface area contributed by atoms with Crippen molar-refractivity contribution in [3.8, 4) is 0 Å². The van der Waals surface area contributed by atoms with Gasteiger partial charge in [-0.05, 0) is 73.9 Å². The zero-order valence-electron chi connectivity index (χ0n) is 11.1. The molecule has 4 rings (SSSR count). The van der Waals surface area contributed by atoms with E-state index in [4.69, 9.17) is 12.2 Å². The normalized spacial score (nSPS) is 40.6. The van der Waals surface area contributed by atoms with Crippen molar-refractivity contribution in [1.82, 2.24) is 10.6 Å². The van der Waals surface area contributed by atoms with E-state index in [0.29, 0.717) is 5.41 Å². The fraction of sp³-hybridized carbons (Fsp3) is 0.800. The number of hydrogen-bond donors (Lipinski definition) is 2. The monoisotopic (exact) mass is 264 g/mol. The van der Waals surface area contributed by atoms with Crippen molar-refractivity contribution in [1.29, 1.82) is 0 Å². The highest BCUT2D eigenvalue weighted by molar-refractivity contribution is 7.80. The van der Waals surface area contributed by atoms with E-state index in [0.717, 1.165) is 36.0 Å². The molecule has 0 aromatic rings. The minimum Gasteiger partial charge on any atom is -0.362 e. The first-order chi connectivity index (χ1) is 8.69. The van der Waals surface area contributed by atoms with Crippen LogP contribution in [0.2, 0.25) is 0 Å². The lowest BCUT2D eigenvalue weighted by Gasteiger charge is -2.57. The average Bonchev–Trinajstić information content (AvgIpc) is 2.32. The lowest BCUT2D eigenvalue weighted by molar-refractivity contribution is -0.0491. The van der Waals surface area contributed by atoms with Gasteiger partial charge in [-0.2, -0.15) is 0 Å². The van der Waals surface area contributed by atoms with Crippen molar-refractivity contribution in [2.24, 2.45) is 23.2 Å². The molecule has 2 nitrogen and oxygen atoms in total. The smallest absolute Gasteiger partial charge is 0.166 e. The molecule has 4 bridgehead atoms. The van der Waals surface area contributed by atoms with Crippen LogP contribution in [0.25, 0.3) is 0 Å². The highest BCUT2D eigenvalue weighted by Crippen LogP contribution is 2.59. The maximum absolute atomic E-state index is 5.30. The molecule has 0 atom stereocenters. The molecular weight excluding hydrogens is 240 g/mol. The van der Waals surface area contributed by atoms with Gasteiger partial charge in [-0.3, -0.25) is 0 Å². The molecule has 4 aliphatic carbocycles. The highest BCUT2D eigenvalue weighted by atomic mass is 32.1. The van der Waals surface area contributed by atoms with E-state index in [2.05, 4.69) is 17.2 Å². The predicted octanol–water partition coefficient (Wildman–Crippen LogP) is 2.85. The summed E-state index contributed by atoms with van der Waals surface area (Å²) in [5, 5.41) is 7.41. The lowest BCUT2D eigenvalue weighted by Crippen LogP contribution is -2.52. The van der Waals surface area contributed by atoms with Gasteiger partial charge >= 0.3 is 0 Å². The second-order valence-corrected chi connectivity index (χ2v) is 7.18. The van der Waals surface area contributed by atoms with Gasteiger partial charge in [0.2, 0.25) is 0 Å². The largest absolute Gasteiger partial charge is 0.362 e. The molecule has 0 heterocycles. The van der Waals surface area contributed by atoms with E-state index in [9.17, 15) is 0 Å². The van der Waals surface area contributed by atoms with Crippen LogP contribution in [-0.4, -0.2) is 18.2 Å². The number of thiocarbonyl (C=S) groups is 1. The lowest BCUT2D eigenvalue weighted by atomic mass is 9.49. The topological polar surface area (TPSA) is 24.1 Å². The van der Waals surface area contributed by atoms with Crippen molar-refractivity contribution in [2.45, 2.75) is 38.5 Å². The summed E-state index contributed by atoms with van der Waals surface area (Å²) in [6.45, 7) is 5.54. The van der Waals surface area contributed by atoms with Gasteiger partial charge in [0.05, 0.1) is 0 Å². The Morgan fingerprint density at radius 2 is 1.67 bits per heavy atom. The minimum absolute atomic E-state index is 0.564. The van der Waals surface area contributed by atoms with Gasteiger partial charge < -0.3 is 10.6 Å². The number of hydrogen-bond acceptors (Lipinski definition) is 1. The van der Waals surface area contributed by atoms with Gasteiger partial charge in [0.1, 0.15) is 0 Å². The zero-order chi connectivity index (χ0) is 12.6. The minimum atomic E-state index is 0.564. The van der Waals surface area contributed by atoms with E-state index >= 15 is 0 Å². The van der Waals surface area contributed by atoms with Crippen LogP contribution in [-0.2, 0) is 0 Å². The van der Waals surface area contributed by atoms with Gasteiger partial charge in [0, 0.05) is 13.1 Å². The Bertz CT molecular complexity index is 315. The molecule has 0 spiro atoms. The standard InChI is InChI=1S/C15H24N2S/c1-2-3-16-14(18)17-10-15-7-11-4-12(8-15)6-13(5-11)9-15/h2,11-13H,1,3-10H2,(H2,16,17,18). The third-order valence-corrected chi connectivity index (χ3v) is 5.48. The molecule has 0 aliphatic heterocycles. The van der Waals surface area contributed by atoms with Crippen molar-refractivity contribution in [3.63, 3.8) is 0 Å². The maximum atomic E-state index is 5.30. The molecule has 2 N–H and O–H groups in total. The summed E-state index contributed by atoms with van der Waals surface area (Å²) in [7, 11) is 0. The van der Waals surface area contributed by atoms with Crippen molar-refractivity contribution in [2.75, 3.05) is 13.1 Å². The molecular formula is C15H24N2S. The summed E-state index contributed by atoms with van der Waals surface area (Å²) in [6, 6.07) is 0. The zero-order valence-corrected chi connectivity index (χ0v) is 11.9. The van der Waals surface area contributed by atoms with E-state index in [1.807, 2.05) is 6.08 Å². The van der Waals surface area contributed by atoms with Crippen LogP contribution in [0, 0.1) is 23.2 Å². The Hall–Kier alpha value is -0.570. The third-order valence-electron chi connectivity index (χ3n) is 5.20. The number of rotatable bonds is 4. The van der Waals surface area contributed by atoms with E-state index in [1.54, 1.807) is 0 Å². The van der Waals surface area contributed by atoms with Crippen molar-refractivity contribution < 1.29 is 0 Å². The van der Waals surface area contributed by atoms with Crippen molar-refractivity contribution >= 4 is 17.3 Å². The first kappa shape index (κ1) is 12.5. The first-order valence-electron chi connectivity index (χ1n) is 7.32. The first-order valence-corrected chi connectivity index (χ1v) is 7.72. The van der Waals surface area contributed by atoms with E-state index in [1.165, 1.54) is 38.5 Å². The molecule has 0 unspecified atom stereocenters. The van der Waals surface area contributed by atoms with Gasteiger partial charge in [0.15, 0.2) is 5.11 Å². The Kier molecular flexibility index (Phi) is 3.35. The second kappa shape index (κ2) is 4.84. The fourth-order valence-corrected chi connectivity index (χ4v) is 5.16. The second-order valence-electron chi connectivity index (χ2n) is 6.77. The molecule has 100 valence electrons. The summed E-state index contributed by atoms with van der Waals surface area (Å²) in [4.78, 5) is 0. The Morgan fingerprint density at radius 1 is 1.11 bits per heavy atom. The summed E-state index contributed by atoms with van der Waals surface area (Å²) in [5.74, 6) is 3.06. The molecule has 0 aromatic carbocycles. The van der Waals surface area contributed by atoms with Crippen molar-refractivity contribution in [3.05, 3.63) is 12.7 Å². The van der Waals surface area contributed by atoms with Gasteiger partial charge in [-0.1, -0.05) is 6.08 Å². The molecule has 0 saturated heterocycles. The molecule has 3 heteroatoms. The Balaban J connectivity index is 1.56. The molecule has 0 aromatic heterocycles. The SMILES string of the molecule is C=CCNC(=S)NCC12CC3CC(CC(C3)C1)C2. The van der Waals surface area contributed by atoms with Gasteiger partial charge in [-0.25, -0.2) is 0 Å². The summed E-state index contributed by atoms with van der Waals surface area (Å²) < 4.78 is 0. The predicted molar refractivity (Wildman–Crippen MR) is 79.4 cm³/mol.